The van der Waals surface area contributed by atoms with Gasteiger partial charge in [-0.25, -0.2) is 9.97 Å². The number of rotatable bonds is 6. The Morgan fingerprint density at radius 1 is 1.00 bits per heavy atom. The Morgan fingerprint density at radius 3 is 2.59 bits per heavy atom. The number of pyridine rings is 1. The van der Waals surface area contributed by atoms with Gasteiger partial charge in [-0.05, 0) is 29.8 Å². The van der Waals surface area contributed by atoms with Gasteiger partial charge in [0.25, 0.3) is 5.91 Å². The summed E-state index contributed by atoms with van der Waals surface area (Å²) in [6.45, 7) is 0.383. The van der Waals surface area contributed by atoms with Crippen molar-refractivity contribution in [2.24, 2.45) is 0 Å². The number of amides is 1. The number of aromatic nitrogens is 2. The van der Waals surface area contributed by atoms with Crippen LogP contribution in [0.3, 0.4) is 0 Å². The summed E-state index contributed by atoms with van der Waals surface area (Å²) < 4.78 is 6.57. The van der Waals surface area contributed by atoms with Gasteiger partial charge in [0.15, 0.2) is 0 Å². The molecule has 0 radical (unpaired) electrons. The summed E-state index contributed by atoms with van der Waals surface area (Å²) in [5.41, 5.74) is 2.93. The number of nitrogens with one attached hydrogen (secondary N) is 1. The first-order chi connectivity index (χ1) is 13.3. The number of ether oxygens (including phenoxy) is 1. The number of nitrogens with zero attached hydrogens (tertiary/aromatic N) is 2. The maximum atomic E-state index is 12.0. The van der Waals surface area contributed by atoms with Crippen molar-refractivity contribution in [3.05, 3.63) is 78.5 Å². The Morgan fingerprint density at radius 2 is 1.81 bits per heavy atom. The molecule has 2 heterocycles. The predicted octanol–water partition coefficient (Wildman–Crippen LogP) is 4.51. The van der Waals surface area contributed by atoms with Crippen molar-refractivity contribution < 1.29 is 9.53 Å². The van der Waals surface area contributed by atoms with Gasteiger partial charge in [0.2, 0.25) is 0 Å². The summed E-state index contributed by atoms with van der Waals surface area (Å²) in [5.74, 6) is 0.263. The molecule has 0 aliphatic rings. The van der Waals surface area contributed by atoms with Crippen LogP contribution in [0, 0.1) is 0 Å². The minimum absolute atomic E-state index is 0.0177. The number of benzene rings is 2. The van der Waals surface area contributed by atoms with E-state index in [2.05, 4.69) is 15.3 Å². The molecule has 1 amide bonds. The van der Waals surface area contributed by atoms with Gasteiger partial charge >= 0.3 is 0 Å². The lowest BCUT2D eigenvalue weighted by Crippen LogP contribution is -2.18. The Hall–Kier alpha value is -3.09. The Labute approximate surface area is 160 Å². The second kappa shape index (κ2) is 8.07. The van der Waals surface area contributed by atoms with Crippen LogP contribution in [0.4, 0.5) is 5.82 Å². The summed E-state index contributed by atoms with van der Waals surface area (Å²) >= 11 is 1.62. The largest absolute Gasteiger partial charge is 0.367 e. The van der Waals surface area contributed by atoms with E-state index in [1.165, 1.54) is 0 Å². The predicted molar refractivity (Wildman–Crippen MR) is 108 cm³/mol. The molecule has 0 spiro atoms. The fourth-order valence-electron chi connectivity index (χ4n) is 2.60. The summed E-state index contributed by atoms with van der Waals surface area (Å²) in [5, 5.41) is 3.65. The van der Waals surface area contributed by atoms with Gasteiger partial charge in [-0.1, -0.05) is 42.5 Å². The molecule has 2 aromatic carbocycles. The van der Waals surface area contributed by atoms with Crippen LogP contribution in [0.15, 0.2) is 72.9 Å². The summed E-state index contributed by atoms with van der Waals surface area (Å²) in [6, 6.07) is 21.4. The summed E-state index contributed by atoms with van der Waals surface area (Å²) in [4.78, 5) is 20.9. The molecule has 134 valence electrons. The lowest BCUT2D eigenvalue weighted by molar-refractivity contribution is -0.121. The molecule has 27 heavy (non-hydrogen) atoms. The number of thiazole rings is 1. The van der Waals surface area contributed by atoms with Crippen molar-refractivity contribution in [2.45, 2.75) is 6.61 Å². The molecule has 0 aliphatic heterocycles. The van der Waals surface area contributed by atoms with E-state index < -0.39 is 0 Å². The van der Waals surface area contributed by atoms with Crippen molar-refractivity contribution in [3.63, 3.8) is 0 Å². The number of hydrogen-bond acceptors (Lipinski definition) is 5. The fraction of sp³-hybridized carbons (Fsp3) is 0.0952. The molecule has 4 rings (SSSR count). The smallest absolute Gasteiger partial charge is 0.251 e. The molecular weight excluding hydrogens is 358 g/mol. The monoisotopic (exact) mass is 375 g/mol. The zero-order chi connectivity index (χ0) is 18.5. The number of carbonyl (C=O) groups is 1. The molecule has 2 aromatic heterocycles. The molecule has 0 saturated carbocycles. The van der Waals surface area contributed by atoms with E-state index in [-0.39, 0.29) is 12.5 Å². The van der Waals surface area contributed by atoms with Crippen LogP contribution in [0.5, 0.6) is 0 Å². The number of anilines is 1. The highest BCUT2D eigenvalue weighted by atomic mass is 32.1. The van der Waals surface area contributed by atoms with Crippen LogP contribution in [0.25, 0.3) is 20.8 Å². The van der Waals surface area contributed by atoms with Crippen LogP contribution < -0.4 is 5.32 Å². The van der Waals surface area contributed by atoms with Gasteiger partial charge in [0.1, 0.15) is 17.4 Å². The van der Waals surface area contributed by atoms with Crippen molar-refractivity contribution in [2.75, 3.05) is 11.9 Å². The van der Waals surface area contributed by atoms with Crippen LogP contribution in [-0.2, 0) is 16.1 Å². The highest BCUT2D eigenvalue weighted by molar-refractivity contribution is 7.21. The Bertz CT molecular complexity index is 1010. The zero-order valence-electron chi connectivity index (χ0n) is 14.5. The molecule has 1 N–H and O–H groups in total. The number of hydrogen-bond donors (Lipinski definition) is 1. The lowest BCUT2D eigenvalue weighted by atomic mass is 10.2. The van der Waals surface area contributed by atoms with E-state index >= 15 is 0 Å². The SMILES string of the molecule is O=C(COCc1ccccc1)Nc1ccc(-c2nc3ccccc3s2)cn1. The van der Waals surface area contributed by atoms with Gasteiger partial charge in [0.05, 0.1) is 16.8 Å². The topological polar surface area (TPSA) is 64.1 Å². The van der Waals surface area contributed by atoms with Crippen molar-refractivity contribution >= 4 is 33.3 Å². The third kappa shape index (κ3) is 4.36. The minimum atomic E-state index is -0.230. The zero-order valence-corrected chi connectivity index (χ0v) is 15.3. The first-order valence-corrected chi connectivity index (χ1v) is 9.33. The molecule has 0 aliphatic carbocycles. The molecule has 0 atom stereocenters. The van der Waals surface area contributed by atoms with Crippen molar-refractivity contribution in [1.29, 1.82) is 0 Å². The third-order valence-corrected chi connectivity index (χ3v) is 5.00. The number of fused-ring (bicyclic) bond motifs is 1. The lowest BCUT2D eigenvalue weighted by Gasteiger charge is -2.06. The van der Waals surface area contributed by atoms with Gasteiger partial charge in [-0.15, -0.1) is 11.3 Å². The maximum absolute atomic E-state index is 12.0. The van der Waals surface area contributed by atoms with Gasteiger partial charge in [-0.2, -0.15) is 0 Å². The third-order valence-electron chi connectivity index (χ3n) is 3.92. The summed E-state index contributed by atoms with van der Waals surface area (Å²) in [6.07, 6.45) is 1.72. The van der Waals surface area contributed by atoms with Crippen LogP contribution >= 0.6 is 11.3 Å². The fourth-order valence-corrected chi connectivity index (χ4v) is 3.56. The van der Waals surface area contributed by atoms with Crippen molar-refractivity contribution in [3.8, 4) is 10.6 Å². The van der Waals surface area contributed by atoms with Crippen LogP contribution in [0.1, 0.15) is 5.56 Å². The second-order valence-corrected chi connectivity index (χ2v) is 6.98. The van der Waals surface area contributed by atoms with E-state index in [0.717, 1.165) is 26.4 Å². The first-order valence-electron chi connectivity index (χ1n) is 8.51. The highest BCUT2D eigenvalue weighted by Gasteiger charge is 2.08. The van der Waals surface area contributed by atoms with Crippen LogP contribution in [0.2, 0.25) is 0 Å². The van der Waals surface area contributed by atoms with Crippen molar-refractivity contribution in [1.82, 2.24) is 9.97 Å². The van der Waals surface area contributed by atoms with E-state index in [1.807, 2.05) is 60.7 Å². The van der Waals surface area contributed by atoms with E-state index in [9.17, 15) is 4.79 Å². The first kappa shape index (κ1) is 17.3. The quantitative estimate of drug-likeness (QED) is 0.538. The molecule has 0 fully saturated rings. The standard InChI is InChI=1S/C21H17N3O2S/c25-20(14-26-13-15-6-2-1-3-7-15)24-19-11-10-16(12-22-19)21-23-17-8-4-5-9-18(17)27-21/h1-12H,13-14H2,(H,22,24,25). The normalized spacial score (nSPS) is 10.8. The average Bonchev–Trinajstić information content (AvgIpc) is 3.13. The Balaban J connectivity index is 1.34. The minimum Gasteiger partial charge on any atom is -0.367 e. The summed E-state index contributed by atoms with van der Waals surface area (Å²) in [7, 11) is 0. The van der Waals surface area contributed by atoms with Gasteiger partial charge in [0, 0.05) is 11.8 Å². The molecule has 0 saturated heterocycles. The Kier molecular flexibility index (Phi) is 5.18. The number of carbonyl (C=O) groups excluding carboxylic acids is 1. The van der Waals surface area contributed by atoms with E-state index in [0.29, 0.717) is 12.4 Å². The maximum Gasteiger partial charge on any atom is 0.251 e. The van der Waals surface area contributed by atoms with Gasteiger partial charge < -0.3 is 10.1 Å². The highest BCUT2D eigenvalue weighted by Crippen LogP contribution is 2.29. The van der Waals surface area contributed by atoms with E-state index in [4.69, 9.17) is 4.74 Å². The molecular formula is C21H17N3O2S. The molecule has 6 heteroatoms. The molecule has 0 bridgehead atoms. The van der Waals surface area contributed by atoms with Gasteiger partial charge in [-0.3, -0.25) is 4.79 Å². The molecule has 4 aromatic rings. The number of para-hydroxylation sites is 1. The van der Waals surface area contributed by atoms with E-state index in [1.54, 1.807) is 23.6 Å². The average molecular weight is 375 g/mol. The molecule has 5 nitrogen and oxygen atoms in total. The molecule has 0 unspecified atom stereocenters. The second-order valence-electron chi connectivity index (χ2n) is 5.95. The van der Waals surface area contributed by atoms with Crippen LogP contribution in [-0.4, -0.2) is 22.5 Å².